The van der Waals surface area contributed by atoms with E-state index in [1.807, 2.05) is 30.3 Å². The summed E-state index contributed by atoms with van der Waals surface area (Å²) in [4.78, 5) is 20.0. The van der Waals surface area contributed by atoms with Gasteiger partial charge in [-0.2, -0.15) is 26.3 Å². The van der Waals surface area contributed by atoms with Gasteiger partial charge in [-0.15, -0.1) is 0 Å². The monoisotopic (exact) mass is 455 g/mol. The van der Waals surface area contributed by atoms with Crippen LogP contribution in [0.3, 0.4) is 0 Å². The second-order valence-corrected chi connectivity index (χ2v) is 6.61. The SMILES string of the molecule is O=C(NCc1cc(C(F)(F)F)cc(C(F)(F)F)c1)c1cnc(OCc2ccccc2)cn1. The van der Waals surface area contributed by atoms with Crippen molar-refractivity contribution in [1.82, 2.24) is 15.3 Å². The summed E-state index contributed by atoms with van der Waals surface area (Å²) >= 11 is 0. The minimum atomic E-state index is -4.97. The number of ether oxygens (including phenoxy) is 1. The van der Waals surface area contributed by atoms with Gasteiger partial charge in [0.1, 0.15) is 12.3 Å². The summed E-state index contributed by atoms with van der Waals surface area (Å²) in [5.74, 6) is -0.684. The standard InChI is InChI=1S/C21H15F6N3O2/c22-20(23,24)15-6-14(7-16(8-15)21(25,26)27)9-30-19(31)17-10-29-18(11-28-17)32-12-13-4-2-1-3-5-13/h1-8,10-11H,9,12H2,(H,30,31). The molecule has 0 spiro atoms. The molecule has 1 heterocycles. The van der Waals surface area contributed by atoms with E-state index in [1.54, 1.807) is 0 Å². The summed E-state index contributed by atoms with van der Waals surface area (Å²) in [7, 11) is 0. The molecule has 0 fully saturated rings. The Morgan fingerprint density at radius 1 is 0.844 bits per heavy atom. The number of hydrogen-bond donors (Lipinski definition) is 1. The molecule has 0 saturated carbocycles. The van der Waals surface area contributed by atoms with Gasteiger partial charge in [-0.05, 0) is 29.3 Å². The lowest BCUT2D eigenvalue weighted by molar-refractivity contribution is -0.143. The molecule has 0 aliphatic heterocycles. The fraction of sp³-hybridized carbons (Fsp3) is 0.190. The summed E-state index contributed by atoms with van der Waals surface area (Å²) in [5, 5.41) is 2.23. The van der Waals surface area contributed by atoms with E-state index in [1.165, 1.54) is 6.20 Å². The minimum Gasteiger partial charge on any atom is -0.472 e. The molecule has 1 amide bonds. The molecule has 2 aromatic carbocycles. The van der Waals surface area contributed by atoms with Crippen LogP contribution in [-0.2, 0) is 25.5 Å². The maximum absolute atomic E-state index is 12.9. The lowest BCUT2D eigenvalue weighted by Crippen LogP contribution is -2.24. The van der Waals surface area contributed by atoms with Crippen molar-refractivity contribution in [3.8, 4) is 5.88 Å². The number of carbonyl (C=O) groups is 1. The first-order valence-electron chi connectivity index (χ1n) is 9.08. The van der Waals surface area contributed by atoms with Crippen molar-refractivity contribution < 1.29 is 35.9 Å². The molecule has 0 aliphatic rings. The summed E-state index contributed by atoms with van der Waals surface area (Å²) in [5.41, 5.74) is -2.58. The molecule has 0 atom stereocenters. The zero-order valence-corrected chi connectivity index (χ0v) is 16.2. The van der Waals surface area contributed by atoms with Gasteiger partial charge in [0.05, 0.1) is 23.5 Å². The molecule has 5 nitrogen and oxygen atoms in total. The van der Waals surface area contributed by atoms with Gasteiger partial charge in [-0.25, -0.2) is 9.97 Å². The first-order valence-corrected chi connectivity index (χ1v) is 9.08. The van der Waals surface area contributed by atoms with E-state index in [-0.39, 0.29) is 29.8 Å². The van der Waals surface area contributed by atoms with Gasteiger partial charge in [0.25, 0.3) is 5.91 Å². The summed E-state index contributed by atoms with van der Waals surface area (Å²) in [6.45, 7) is -0.349. The first kappa shape index (κ1) is 23.0. The molecule has 1 aromatic heterocycles. The van der Waals surface area contributed by atoms with Crippen LogP contribution in [-0.4, -0.2) is 15.9 Å². The highest BCUT2D eigenvalue weighted by molar-refractivity contribution is 5.91. The highest BCUT2D eigenvalue weighted by atomic mass is 19.4. The molecule has 0 bridgehead atoms. The molecule has 0 saturated heterocycles. The molecule has 0 unspecified atom stereocenters. The fourth-order valence-electron chi connectivity index (χ4n) is 2.63. The number of rotatable bonds is 6. The molecule has 3 rings (SSSR count). The lowest BCUT2D eigenvalue weighted by Gasteiger charge is -2.14. The third-order valence-electron chi connectivity index (χ3n) is 4.19. The third kappa shape index (κ3) is 6.19. The van der Waals surface area contributed by atoms with Crippen LogP contribution >= 0.6 is 0 Å². The second-order valence-electron chi connectivity index (χ2n) is 6.61. The van der Waals surface area contributed by atoms with Crippen LogP contribution < -0.4 is 10.1 Å². The Hall–Kier alpha value is -3.63. The Morgan fingerprint density at radius 2 is 1.47 bits per heavy atom. The molecular weight excluding hydrogens is 440 g/mol. The van der Waals surface area contributed by atoms with E-state index in [2.05, 4.69) is 15.3 Å². The predicted molar refractivity (Wildman–Crippen MR) is 100 cm³/mol. The Labute approximate surface area is 178 Å². The van der Waals surface area contributed by atoms with Crippen molar-refractivity contribution in [3.63, 3.8) is 0 Å². The average molecular weight is 455 g/mol. The zero-order chi connectivity index (χ0) is 23.4. The topological polar surface area (TPSA) is 64.1 Å². The molecule has 0 radical (unpaired) electrons. The van der Waals surface area contributed by atoms with Gasteiger partial charge in [0.15, 0.2) is 0 Å². The van der Waals surface area contributed by atoms with Crippen LogP contribution in [0.5, 0.6) is 5.88 Å². The van der Waals surface area contributed by atoms with Gasteiger partial charge in [-0.3, -0.25) is 4.79 Å². The minimum absolute atomic E-state index is 0.0188. The van der Waals surface area contributed by atoms with Crippen molar-refractivity contribution >= 4 is 5.91 Å². The fourth-order valence-corrected chi connectivity index (χ4v) is 2.63. The molecule has 32 heavy (non-hydrogen) atoms. The Bertz CT molecular complexity index is 1040. The number of carbonyl (C=O) groups excluding carboxylic acids is 1. The first-order chi connectivity index (χ1) is 15.0. The van der Waals surface area contributed by atoms with Crippen LogP contribution in [0.15, 0.2) is 60.9 Å². The van der Waals surface area contributed by atoms with Gasteiger partial charge < -0.3 is 10.1 Å². The molecule has 168 valence electrons. The number of alkyl halides is 6. The molecule has 1 N–H and O–H groups in total. The van der Waals surface area contributed by atoms with E-state index in [0.717, 1.165) is 11.8 Å². The maximum Gasteiger partial charge on any atom is 0.416 e. The van der Waals surface area contributed by atoms with Crippen LogP contribution in [0, 0.1) is 0 Å². The van der Waals surface area contributed by atoms with Gasteiger partial charge in [-0.1, -0.05) is 30.3 Å². The average Bonchev–Trinajstić information content (AvgIpc) is 2.76. The Morgan fingerprint density at radius 3 is 2.00 bits per heavy atom. The summed E-state index contributed by atoms with van der Waals surface area (Å²) in [6, 6.07) is 10.3. The van der Waals surface area contributed by atoms with Crippen molar-refractivity contribution in [2.24, 2.45) is 0 Å². The van der Waals surface area contributed by atoms with Crippen molar-refractivity contribution in [2.75, 3.05) is 0 Å². The van der Waals surface area contributed by atoms with Gasteiger partial charge >= 0.3 is 12.4 Å². The number of amides is 1. The molecule has 0 aliphatic carbocycles. The molecular formula is C21H15F6N3O2. The third-order valence-corrected chi connectivity index (χ3v) is 4.19. The highest BCUT2D eigenvalue weighted by Gasteiger charge is 2.36. The van der Waals surface area contributed by atoms with E-state index >= 15 is 0 Å². The van der Waals surface area contributed by atoms with E-state index in [4.69, 9.17) is 4.74 Å². The number of halogens is 6. The smallest absolute Gasteiger partial charge is 0.416 e. The van der Waals surface area contributed by atoms with Crippen molar-refractivity contribution in [2.45, 2.75) is 25.5 Å². The Balaban J connectivity index is 1.65. The number of nitrogens with zero attached hydrogens (tertiary/aromatic N) is 2. The second kappa shape index (κ2) is 9.25. The van der Waals surface area contributed by atoms with Crippen LogP contribution in [0.25, 0.3) is 0 Å². The summed E-state index contributed by atoms with van der Waals surface area (Å²) < 4.78 is 83.0. The van der Waals surface area contributed by atoms with Crippen molar-refractivity contribution in [1.29, 1.82) is 0 Å². The molecule has 3 aromatic rings. The molecule has 11 heteroatoms. The number of hydrogen-bond acceptors (Lipinski definition) is 4. The maximum atomic E-state index is 12.9. The normalized spacial score (nSPS) is 11.8. The number of nitrogens with one attached hydrogen (secondary N) is 1. The number of aromatic nitrogens is 2. The Kier molecular flexibility index (Phi) is 6.66. The summed E-state index contributed by atoms with van der Waals surface area (Å²) in [6.07, 6.45) is -7.67. The lowest BCUT2D eigenvalue weighted by atomic mass is 10.0. The van der Waals surface area contributed by atoms with Crippen LogP contribution in [0.2, 0.25) is 0 Å². The van der Waals surface area contributed by atoms with Gasteiger partial charge in [0, 0.05) is 6.54 Å². The number of benzene rings is 2. The highest BCUT2D eigenvalue weighted by Crippen LogP contribution is 2.36. The van der Waals surface area contributed by atoms with E-state index < -0.39 is 35.9 Å². The van der Waals surface area contributed by atoms with Gasteiger partial charge in [0.2, 0.25) is 5.88 Å². The zero-order valence-electron chi connectivity index (χ0n) is 16.2. The van der Waals surface area contributed by atoms with E-state index in [0.29, 0.717) is 12.1 Å². The van der Waals surface area contributed by atoms with Crippen LogP contribution in [0.4, 0.5) is 26.3 Å². The predicted octanol–water partition coefficient (Wildman–Crippen LogP) is 5.02. The largest absolute Gasteiger partial charge is 0.472 e. The van der Waals surface area contributed by atoms with Crippen LogP contribution in [0.1, 0.15) is 32.7 Å². The van der Waals surface area contributed by atoms with Crippen molar-refractivity contribution in [3.05, 3.63) is 88.9 Å². The van der Waals surface area contributed by atoms with E-state index in [9.17, 15) is 31.1 Å². The quantitative estimate of drug-likeness (QED) is 0.530.